The third-order valence-electron chi connectivity index (χ3n) is 4.01. The molecule has 0 saturated heterocycles. The van der Waals surface area contributed by atoms with Crippen molar-refractivity contribution < 1.29 is 10.2 Å². The highest BCUT2D eigenvalue weighted by atomic mass is 16.5. The molecule has 0 radical (unpaired) electrons. The number of hydrogen-bond acceptors (Lipinski definition) is 6. The first kappa shape index (κ1) is 17.9. The van der Waals surface area contributed by atoms with Crippen molar-refractivity contribution in [2.24, 2.45) is 0 Å². The molecule has 0 spiro atoms. The number of aliphatic hydroxyl groups is 2. The van der Waals surface area contributed by atoms with Gasteiger partial charge in [0.15, 0.2) is 6.29 Å². The number of rotatable bonds is 7. The van der Waals surface area contributed by atoms with Crippen LogP contribution in [0.3, 0.4) is 0 Å². The van der Waals surface area contributed by atoms with Crippen LogP contribution in [0.1, 0.15) is 17.5 Å². The fraction of sp³-hybridized carbons (Fsp3) is 0.333. The summed E-state index contributed by atoms with van der Waals surface area (Å²) in [5, 5.41) is 21.6. The van der Waals surface area contributed by atoms with Gasteiger partial charge in [0.25, 0.3) is 0 Å². The summed E-state index contributed by atoms with van der Waals surface area (Å²) in [4.78, 5) is 2.04. The van der Waals surface area contributed by atoms with Crippen LogP contribution in [-0.4, -0.2) is 30.6 Å². The molecule has 0 heterocycles. The highest BCUT2D eigenvalue weighted by Gasteiger charge is 2.12. The van der Waals surface area contributed by atoms with Crippen molar-refractivity contribution in [2.45, 2.75) is 25.7 Å². The maximum atomic E-state index is 9.11. The van der Waals surface area contributed by atoms with Crippen LogP contribution in [-0.2, 0) is 13.0 Å². The molecule has 6 heteroatoms. The number of aliphatic hydroxyl groups excluding tert-OH is 1. The Balaban J connectivity index is 2.14. The Bertz CT molecular complexity index is 669. The molecular weight excluding hydrogens is 304 g/mol. The Labute approximate surface area is 142 Å². The minimum Gasteiger partial charge on any atom is -0.398 e. The van der Waals surface area contributed by atoms with E-state index in [1.807, 2.05) is 43.3 Å². The largest absolute Gasteiger partial charge is 0.398 e. The first-order valence-electron chi connectivity index (χ1n) is 7.91. The second-order valence-corrected chi connectivity index (χ2v) is 6.02. The Kier molecular flexibility index (Phi) is 5.89. The molecule has 2 aromatic carbocycles. The predicted molar refractivity (Wildman–Crippen MR) is 99.9 cm³/mol. The van der Waals surface area contributed by atoms with Crippen molar-refractivity contribution in [1.82, 2.24) is 0 Å². The van der Waals surface area contributed by atoms with Gasteiger partial charge in [0.1, 0.15) is 0 Å². The van der Waals surface area contributed by atoms with Gasteiger partial charge in [-0.05, 0) is 53.9 Å². The molecule has 130 valence electrons. The summed E-state index contributed by atoms with van der Waals surface area (Å²) in [6, 6.07) is 11.6. The number of anilines is 4. The van der Waals surface area contributed by atoms with Crippen molar-refractivity contribution in [3.63, 3.8) is 0 Å². The molecule has 2 rings (SSSR count). The molecule has 0 atom stereocenters. The zero-order valence-corrected chi connectivity index (χ0v) is 14.2. The second kappa shape index (κ2) is 7.90. The topological polar surface area (TPSA) is 108 Å². The average molecular weight is 330 g/mol. The van der Waals surface area contributed by atoms with Crippen LogP contribution in [0.5, 0.6) is 0 Å². The number of benzene rings is 2. The molecule has 0 aliphatic heterocycles. The molecule has 6 nitrogen and oxygen atoms in total. The first-order chi connectivity index (χ1) is 11.4. The van der Waals surface area contributed by atoms with Crippen LogP contribution < -0.4 is 21.7 Å². The van der Waals surface area contributed by atoms with E-state index in [0.717, 1.165) is 22.5 Å². The molecule has 0 amide bonds. The first-order valence-corrected chi connectivity index (χ1v) is 7.91. The summed E-state index contributed by atoms with van der Waals surface area (Å²) in [6.07, 6.45) is -0.672. The van der Waals surface area contributed by atoms with Gasteiger partial charge >= 0.3 is 0 Å². The molecule has 0 aliphatic rings. The summed E-state index contributed by atoms with van der Waals surface area (Å²) < 4.78 is 0. The Morgan fingerprint density at radius 3 is 2.08 bits per heavy atom. The minimum absolute atomic E-state index is 0.220. The summed E-state index contributed by atoms with van der Waals surface area (Å²) >= 11 is 0. The summed E-state index contributed by atoms with van der Waals surface area (Å²) in [7, 11) is 4.00. The Morgan fingerprint density at radius 1 is 0.958 bits per heavy atom. The zero-order valence-electron chi connectivity index (χ0n) is 14.2. The van der Waals surface area contributed by atoms with Crippen molar-refractivity contribution in [3.05, 3.63) is 47.5 Å². The third kappa shape index (κ3) is 4.53. The molecule has 0 aliphatic carbocycles. The summed E-state index contributed by atoms with van der Waals surface area (Å²) in [6.45, 7) is 0.523. The van der Waals surface area contributed by atoms with E-state index in [4.69, 9.17) is 21.7 Å². The van der Waals surface area contributed by atoms with Crippen molar-refractivity contribution in [2.75, 3.05) is 35.8 Å². The van der Waals surface area contributed by atoms with E-state index in [1.54, 1.807) is 12.1 Å². The molecular formula is C18H26N4O2. The molecule has 7 N–H and O–H groups in total. The fourth-order valence-corrected chi connectivity index (χ4v) is 2.57. The Morgan fingerprint density at radius 2 is 1.54 bits per heavy atom. The lowest BCUT2D eigenvalue weighted by Crippen LogP contribution is -2.12. The third-order valence-corrected chi connectivity index (χ3v) is 4.01. The van der Waals surface area contributed by atoms with Gasteiger partial charge < -0.3 is 31.9 Å². The number of nitrogens with two attached hydrogens (primary N) is 2. The second-order valence-electron chi connectivity index (χ2n) is 6.02. The molecule has 0 fully saturated rings. The normalized spacial score (nSPS) is 10.9. The van der Waals surface area contributed by atoms with Gasteiger partial charge in [0.05, 0.1) is 0 Å². The molecule has 0 aromatic heterocycles. The Hall–Kier alpha value is -2.44. The van der Waals surface area contributed by atoms with Crippen LogP contribution in [0.15, 0.2) is 36.4 Å². The lowest BCUT2D eigenvalue weighted by molar-refractivity contribution is -0.0446. The minimum atomic E-state index is -1.36. The summed E-state index contributed by atoms with van der Waals surface area (Å²) in [5.74, 6) is 0. The van der Waals surface area contributed by atoms with Gasteiger partial charge in [0.2, 0.25) is 0 Å². The van der Waals surface area contributed by atoms with E-state index in [2.05, 4.69) is 5.32 Å². The van der Waals surface area contributed by atoms with Gasteiger partial charge in [-0.15, -0.1) is 0 Å². The van der Waals surface area contributed by atoms with Crippen LogP contribution in [0.2, 0.25) is 0 Å². The van der Waals surface area contributed by atoms with Crippen molar-refractivity contribution >= 4 is 22.7 Å². The maximum absolute atomic E-state index is 9.11. The quantitative estimate of drug-likeness (QED) is 0.391. The van der Waals surface area contributed by atoms with Crippen molar-refractivity contribution in [3.8, 4) is 0 Å². The number of nitrogens with zero attached hydrogens (tertiary/aromatic N) is 1. The van der Waals surface area contributed by atoms with E-state index in [9.17, 15) is 0 Å². The summed E-state index contributed by atoms with van der Waals surface area (Å²) in [5.41, 5.74) is 17.3. The number of nitrogens with one attached hydrogen (secondary N) is 1. The fourth-order valence-electron chi connectivity index (χ4n) is 2.57. The van der Waals surface area contributed by atoms with E-state index in [-0.39, 0.29) is 6.42 Å². The molecule has 0 bridgehead atoms. The molecule has 0 saturated carbocycles. The highest BCUT2D eigenvalue weighted by molar-refractivity contribution is 5.63. The van der Waals surface area contributed by atoms with Crippen LogP contribution in [0.25, 0.3) is 0 Å². The van der Waals surface area contributed by atoms with Gasteiger partial charge in [-0.1, -0.05) is 0 Å². The molecule has 0 unspecified atom stereocenters. The zero-order chi connectivity index (χ0) is 17.7. The number of nitrogen functional groups attached to an aromatic ring is 2. The van der Waals surface area contributed by atoms with Gasteiger partial charge in [0, 0.05) is 49.8 Å². The van der Waals surface area contributed by atoms with Crippen LogP contribution >= 0.6 is 0 Å². The van der Waals surface area contributed by atoms with E-state index < -0.39 is 6.29 Å². The smallest absolute Gasteiger partial charge is 0.151 e. The van der Waals surface area contributed by atoms with Gasteiger partial charge in [-0.2, -0.15) is 0 Å². The van der Waals surface area contributed by atoms with Crippen LogP contribution in [0, 0.1) is 0 Å². The van der Waals surface area contributed by atoms with E-state index >= 15 is 0 Å². The predicted octanol–water partition coefficient (Wildman–Crippen LogP) is 1.77. The van der Waals surface area contributed by atoms with E-state index in [1.165, 1.54) is 0 Å². The van der Waals surface area contributed by atoms with Gasteiger partial charge in [-0.3, -0.25) is 0 Å². The maximum Gasteiger partial charge on any atom is 0.151 e. The van der Waals surface area contributed by atoms with E-state index in [0.29, 0.717) is 24.3 Å². The highest BCUT2D eigenvalue weighted by Crippen LogP contribution is 2.26. The SMILES string of the molecule is CN(C)c1ccc(NCc2c(N)ccc(N)c2CCC(O)O)cc1. The van der Waals surface area contributed by atoms with Crippen molar-refractivity contribution in [1.29, 1.82) is 0 Å². The standard InChI is InChI=1S/C18H26N4O2/c1-22(2)13-5-3-12(4-6-13)21-11-15-14(7-10-18(23)24)16(19)8-9-17(15)20/h3-6,8-9,18,21,23-24H,7,10-11,19-20H2,1-2H3. The van der Waals surface area contributed by atoms with Crippen LogP contribution in [0.4, 0.5) is 22.7 Å². The lowest BCUT2D eigenvalue weighted by atomic mass is 9.98. The molecule has 2 aromatic rings. The molecule has 24 heavy (non-hydrogen) atoms. The lowest BCUT2D eigenvalue weighted by Gasteiger charge is -2.17. The van der Waals surface area contributed by atoms with Gasteiger partial charge in [-0.25, -0.2) is 0 Å². The average Bonchev–Trinajstić information content (AvgIpc) is 2.54. The monoisotopic (exact) mass is 330 g/mol. The number of hydrogen-bond donors (Lipinski definition) is 5.